The van der Waals surface area contributed by atoms with E-state index in [0.717, 1.165) is 17.3 Å². The monoisotopic (exact) mass is 290 g/mol. The quantitative estimate of drug-likeness (QED) is 0.881. The number of benzene rings is 2. The van der Waals surface area contributed by atoms with Gasteiger partial charge in [0.25, 0.3) is 0 Å². The van der Waals surface area contributed by atoms with Crippen molar-refractivity contribution in [2.24, 2.45) is 0 Å². The van der Waals surface area contributed by atoms with Gasteiger partial charge in [0.15, 0.2) is 0 Å². The lowest BCUT2D eigenvalue weighted by Crippen LogP contribution is -2.17. The van der Waals surface area contributed by atoms with Crippen LogP contribution < -0.4 is 10.6 Å². The topological polar surface area (TPSA) is 41.1 Å². The highest BCUT2D eigenvalue weighted by Gasteiger charge is 2.06. The van der Waals surface area contributed by atoms with Gasteiger partial charge < -0.3 is 10.6 Å². The Kier molecular flexibility index (Phi) is 4.87. The van der Waals surface area contributed by atoms with Crippen molar-refractivity contribution in [2.75, 3.05) is 17.2 Å². The Morgan fingerprint density at radius 1 is 1.10 bits per heavy atom. The van der Waals surface area contributed by atoms with Crippen LogP contribution >= 0.6 is 0 Å². The minimum atomic E-state index is -0.672. The Balaban J connectivity index is 1.83. The van der Waals surface area contributed by atoms with Crippen LogP contribution in [0.25, 0.3) is 0 Å². The number of hydrogen-bond acceptors (Lipinski definition) is 2. The molecule has 3 nitrogen and oxygen atoms in total. The number of nitrogens with one attached hydrogen (secondary N) is 2. The van der Waals surface area contributed by atoms with Gasteiger partial charge in [0.2, 0.25) is 5.91 Å². The van der Waals surface area contributed by atoms with Crippen LogP contribution in [-0.4, -0.2) is 12.5 Å². The van der Waals surface area contributed by atoms with Crippen LogP contribution in [0, 0.1) is 18.6 Å². The van der Waals surface area contributed by atoms with E-state index in [1.807, 2.05) is 31.2 Å². The zero-order valence-electron chi connectivity index (χ0n) is 11.6. The summed E-state index contributed by atoms with van der Waals surface area (Å²) in [6.07, 6.45) is 0.186. The largest absolute Gasteiger partial charge is 0.382 e. The molecule has 0 aliphatic rings. The van der Waals surface area contributed by atoms with Gasteiger partial charge in [-0.1, -0.05) is 18.2 Å². The normalized spacial score (nSPS) is 10.2. The number of amides is 1. The van der Waals surface area contributed by atoms with Crippen LogP contribution in [0.1, 0.15) is 12.0 Å². The molecule has 2 N–H and O–H groups in total. The molecule has 0 bridgehead atoms. The summed E-state index contributed by atoms with van der Waals surface area (Å²) in [4.78, 5) is 11.8. The van der Waals surface area contributed by atoms with Crippen molar-refractivity contribution >= 4 is 17.3 Å². The summed E-state index contributed by atoms with van der Waals surface area (Å²) in [5.41, 5.74) is 1.92. The van der Waals surface area contributed by atoms with Crippen LogP contribution in [0.3, 0.4) is 0 Å². The minimum Gasteiger partial charge on any atom is -0.382 e. The van der Waals surface area contributed by atoms with Crippen molar-refractivity contribution in [3.63, 3.8) is 0 Å². The zero-order valence-corrected chi connectivity index (χ0v) is 11.6. The van der Waals surface area contributed by atoms with Crippen molar-refractivity contribution in [2.45, 2.75) is 13.3 Å². The van der Waals surface area contributed by atoms with Crippen molar-refractivity contribution in [1.82, 2.24) is 0 Å². The molecule has 0 fully saturated rings. The standard InChI is InChI=1S/C16H16F2N2O/c1-11-4-2-3-5-14(11)20-16(21)8-9-19-15-7-6-12(17)10-13(15)18/h2-7,10,19H,8-9H2,1H3,(H,20,21). The highest BCUT2D eigenvalue weighted by molar-refractivity contribution is 5.91. The fourth-order valence-electron chi connectivity index (χ4n) is 1.87. The molecule has 0 unspecified atom stereocenters. The van der Waals surface area contributed by atoms with Gasteiger partial charge in [0.1, 0.15) is 11.6 Å². The van der Waals surface area contributed by atoms with Crippen LogP contribution in [0.15, 0.2) is 42.5 Å². The van der Waals surface area contributed by atoms with E-state index in [0.29, 0.717) is 0 Å². The average molecular weight is 290 g/mol. The number of anilines is 2. The highest BCUT2D eigenvalue weighted by Crippen LogP contribution is 2.15. The molecule has 0 radical (unpaired) electrons. The number of rotatable bonds is 5. The number of halogens is 2. The molecule has 2 aromatic rings. The predicted molar refractivity (Wildman–Crippen MR) is 79.3 cm³/mol. The Morgan fingerprint density at radius 2 is 1.86 bits per heavy atom. The van der Waals surface area contributed by atoms with E-state index in [2.05, 4.69) is 10.6 Å². The summed E-state index contributed by atoms with van der Waals surface area (Å²) < 4.78 is 26.1. The summed E-state index contributed by atoms with van der Waals surface area (Å²) in [7, 11) is 0. The van der Waals surface area contributed by atoms with Crippen molar-refractivity contribution in [3.05, 3.63) is 59.7 Å². The second-order valence-electron chi connectivity index (χ2n) is 4.66. The molecular weight excluding hydrogens is 274 g/mol. The maximum Gasteiger partial charge on any atom is 0.226 e. The van der Waals surface area contributed by atoms with E-state index in [-0.39, 0.29) is 24.6 Å². The molecule has 0 heterocycles. The third-order valence-corrected chi connectivity index (χ3v) is 3.02. The van der Waals surface area contributed by atoms with E-state index in [9.17, 15) is 13.6 Å². The number of hydrogen-bond donors (Lipinski definition) is 2. The summed E-state index contributed by atoms with van der Waals surface area (Å²) >= 11 is 0. The SMILES string of the molecule is Cc1ccccc1NC(=O)CCNc1ccc(F)cc1F. The molecule has 21 heavy (non-hydrogen) atoms. The van der Waals surface area contributed by atoms with Crippen LogP contribution in [-0.2, 0) is 4.79 Å². The fraction of sp³-hybridized carbons (Fsp3) is 0.188. The second-order valence-corrected chi connectivity index (χ2v) is 4.66. The Bertz CT molecular complexity index is 644. The third-order valence-electron chi connectivity index (χ3n) is 3.02. The molecule has 0 spiro atoms. The lowest BCUT2D eigenvalue weighted by atomic mass is 10.2. The number of para-hydroxylation sites is 1. The molecule has 0 aromatic heterocycles. The molecule has 1 amide bonds. The van der Waals surface area contributed by atoms with E-state index in [4.69, 9.17) is 0 Å². The third kappa shape index (κ3) is 4.27. The van der Waals surface area contributed by atoms with Crippen LogP contribution in [0.4, 0.5) is 20.2 Å². The molecule has 0 aliphatic heterocycles. The van der Waals surface area contributed by atoms with Crippen LogP contribution in [0.2, 0.25) is 0 Å². The van der Waals surface area contributed by atoms with Gasteiger partial charge in [-0.2, -0.15) is 0 Å². The number of carbonyl (C=O) groups is 1. The van der Waals surface area contributed by atoms with Gasteiger partial charge in [0, 0.05) is 24.7 Å². The van der Waals surface area contributed by atoms with Gasteiger partial charge in [0.05, 0.1) is 5.69 Å². The lowest BCUT2D eigenvalue weighted by Gasteiger charge is -2.09. The van der Waals surface area contributed by atoms with E-state index in [1.54, 1.807) is 0 Å². The van der Waals surface area contributed by atoms with Gasteiger partial charge in [-0.15, -0.1) is 0 Å². The molecule has 2 aromatic carbocycles. The Morgan fingerprint density at radius 3 is 2.57 bits per heavy atom. The van der Waals surface area contributed by atoms with E-state index < -0.39 is 11.6 Å². The smallest absolute Gasteiger partial charge is 0.226 e. The van der Waals surface area contributed by atoms with Crippen molar-refractivity contribution in [1.29, 1.82) is 0 Å². The van der Waals surface area contributed by atoms with Gasteiger partial charge >= 0.3 is 0 Å². The maximum absolute atomic E-state index is 13.4. The summed E-state index contributed by atoms with van der Waals surface area (Å²) in [6.45, 7) is 2.17. The molecule has 0 saturated heterocycles. The first-order valence-electron chi connectivity index (χ1n) is 6.60. The highest BCUT2D eigenvalue weighted by atomic mass is 19.1. The minimum absolute atomic E-state index is 0.167. The summed E-state index contributed by atoms with van der Waals surface area (Å²) in [6, 6.07) is 10.7. The molecule has 0 saturated carbocycles. The molecule has 0 aliphatic carbocycles. The first-order chi connectivity index (χ1) is 10.1. The molecule has 0 atom stereocenters. The first-order valence-corrected chi connectivity index (χ1v) is 6.60. The molecular formula is C16H16F2N2O. The Hall–Kier alpha value is -2.43. The number of aryl methyl sites for hydroxylation is 1. The summed E-state index contributed by atoms with van der Waals surface area (Å²) in [5, 5.41) is 5.56. The first kappa shape index (κ1) is 15.0. The fourth-order valence-corrected chi connectivity index (χ4v) is 1.87. The lowest BCUT2D eigenvalue weighted by molar-refractivity contribution is -0.115. The van der Waals surface area contributed by atoms with Gasteiger partial charge in [-0.3, -0.25) is 4.79 Å². The van der Waals surface area contributed by atoms with Crippen LogP contribution in [0.5, 0.6) is 0 Å². The average Bonchev–Trinajstić information content (AvgIpc) is 2.44. The molecule has 110 valence electrons. The second kappa shape index (κ2) is 6.83. The predicted octanol–water partition coefficient (Wildman–Crippen LogP) is 3.71. The summed E-state index contributed by atoms with van der Waals surface area (Å²) in [5.74, 6) is -1.47. The molecule has 2 rings (SSSR count). The van der Waals surface area contributed by atoms with Gasteiger partial charge in [-0.05, 0) is 30.7 Å². The van der Waals surface area contributed by atoms with Gasteiger partial charge in [-0.25, -0.2) is 8.78 Å². The molecule has 5 heteroatoms. The zero-order chi connectivity index (χ0) is 15.2. The van der Waals surface area contributed by atoms with E-state index in [1.165, 1.54) is 12.1 Å². The maximum atomic E-state index is 13.4. The van der Waals surface area contributed by atoms with E-state index >= 15 is 0 Å². The number of carbonyl (C=O) groups excluding carboxylic acids is 1. The van der Waals surface area contributed by atoms with Crippen molar-refractivity contribution < 1.29 is 13.6 Å². The van der Waals surface area contributed by atoms with Crippen molar-refractivity contribution in [3.8, 4) is 0 Å². The Labute approximate surface area is 122 Å².